The van der Waals surface area contributed by atoms with Crippen LogP contribution in [0.4, 0.5) is 0 Å². The van der Waals surface area contributed by atoms with Gasteiger partial charge >= 0.3 is 0 Å². The zero-order chi connectivity index (χ0) is 19.7. The number of carbonyl (C=O) groups is 1. The van der Waals surface area contributed by atoms with Crippen molar-refractivity contribution in [3.8, 4) is 5.75 Å². The van der Waals surface area contributed by atoms with Crippen molar-refractivity contribution >= 4 is 32.9 Å². The SMILES string of the molecule is CC(C)Oc1cc(Br)ccc1C(=O)N1CCC(c2nc3ccccc3[nH]2)CC1. The molecule has 4 rings (SSSR count). The molecular weight excluding hydrogens is 418 g/mol. The number of rotatable bonds is 4. The number of benzene rings is 2. The predicted octanol–water partition coefficient (Wildman–Crippen LogP) is 5.13. The lowest BCUT2D eigenvalue weighted by Gasteiger charge is -2.31. The van der Waals surface area contributed by atoms with Gasteiger partial charge in [0, 0.05) is 23.5 Å². The van der Waals surface area contributed by atoms with Crippen molar-refractivity contribution in [3.63, 3.8) is 0 Å². The third-order valence-electron chi connectivity index (χ3n) is 5.11. The minimum atomic E-state index is 0.0136. The number of hydrogen-bond acceptors (Lipinski definition) is 3. The van der Waals surface area contributed by atoms with Gasteiger partial charge in [-0.1, -0.05) is 28.1 Å². The number of aromatic amines is 1. The number of ether oxygens (including phenoxy) is 1. The summed E-state index contributed by atoms with van der Waals surface area (Å²) in [4.78, 5) is 23.2. The number of fused-ring (bicyclic) bond motifs is 1. The Morgan fingerprint density at radius 3 is 2.68 bits per heavy atom. The summed E-state index contributed by atoms with van der Waals surface area (Å²) < 4.78 is 6.78. The molecular formula is C22H24BrN3O2. The van der Waals surface area contributed by atoms with Crippen LogP contribution in [0, 0.1) is 0 Å². The van der Waals surface area contributed by atoms with Gasteiger partial charge in [0.05, 0.1) is 22.7 Å². The first kappa shape index (κ1) is 19.0. The Hall–Kier alpha value is -2.34. The van der Waals surface area contributed by atoms with Crippen LogP contribution in [0.15, 0.2) is 46.9 Å². The number of likely N-dealkylation sites (tertiary alicyclic amines) is 1. The van der Waals surface area contributed by atoms with Gasteiger partial charge in [-0.05, 0) is 57.0 Å². The molecule has 146 valence electrons. The Bertz CT molecular complexity index is 957. The molecule has 1 amide bonds. The minimum absolute atomic E-state index is 0.0136. The molecule has 0 aliphatic carbocycles. The molecule has 0 unspecified atom stereocenters. The summed E-state index contributed by atoms with van der Waals surface area (Å²) in [6, 6.07) is 13.7. The van der Waals surface area contributed by atoms with Gasteiger partial charge in [0.2, 0.25) is 0 Å². The number of aromatic nitrogens is 2. The number of imidazole rings is 1. The first-order valence-electron chi connectivity index (χ1n) is 9.71. The standard InChI is InChI=1S/C22H24BrN3O2/c1-14(2)28-20-13-16(23)7-8-17(20)22(27)26-11-9-15(10-12-26)21-24-18-5-3-4-6-19(18)25-21/h3-8,13-15H,9-12H2,1-2H3,(H,24,25). The molecule has 1 aliphatic heterocycles. The number of halogens is 1. The van der Waals surface area contributed by atoms with Crippen LogP contribution in [0.25, 0.3) is 11.0 Å². The molecule has 28 heavy (non-hydrogen) atoms. The van der Waals surface area contributed by atoms with E-state index in [1.54, 1.807) is 0 Å². The second-order valence-corrected chi connectivity index (χ2v) is 8.43. The average molecular weight is 442 g/mol. The van der Waals surface area contributed by atoms with Gasteiger partial charge in [0.15, 0.2) is 0 Å². The maximum Gasteiger partial charge on any atom is 0.257 e. The van der Waals surface area contributed by atoms with E-state index in [4.69, 9.17) is 9.72 Å². The average Bonchev–Trinajstić information content (AvgIpc) is 3.11. The van der Waals surface area contributed by atoms with Gasteiger partial charge in [-0.3, -0.25) is 4.79 Å². The molecule has 0 bridgehead atoms. The third-order valence-corrected chi connectivity index (χ3v) is 5.61. The van der Waals surface area contributed by atoms with Crippen molar-refractivity contribution in [1.29, 1.82) is 0 Å². The van der Waals surface area contributed by atoms with Gasteiger partial charge in [0.1, 0.15) is 11.6 Å². The highest BCUT2D eigenvalue weighted by Crippen LogP contribution is 2.31. The number of nitrogens with one attached hydrogen (secondary N) is 1. The van der Waals surface area contributed by atoms with Crippen molar-refractivity contribution < 1.29 is 9.53 Å². The van der Waals surface area contributed by atoms with Crippen molar-refractivity contribution in [3.05, 3.63) is 58.3 Å². The van der Waals surface area contributed by atoms with Crippen LogP contribution < -0.4 is 4.74 Å². The van der Waals surface area contributed by atoms with Crippen molar-refractivity contribution in [1.82, 2.24) is 14.9 Å². The number of amides is 1. The molecule has 1 fully saturated rings. The summed E-state index contributed by atoms with van der Waals surface area (Å²) in [5, 5.41) is 0. The van der Waals surface area contributed by atoms with Gasteiger partial charge in [-0.25, -0.2) is 4.98 Å². The zero-order valence-electron chi connectivity index (χ0n) is 16.1. The Morgan fingerprint density at radius 1 is 1.21 bits per heavy atom. The second kappa shape index (κ2) is 7.95. The summed E-state index contributed by atoms with van der Waals surface area (Å²) in [5.74, 6) is 2.05. The molecule has 2 aromatic carbocycles. The molecule has 5 nitrogen and oxygen atoms in total. The third kappa shape index (κ3) is 3.92. The Morgan fingerprint density at radius 2 is 1.96 bits per heavy atom. The fraction of sp³-hybridized carbons (Fsp3) is 0.364. The molecule has 1 N–H and O–H groups in total. The predicted molar refractivity (Wildman–Crippen MR) is 114 cm³/mol. The van der Waals surface area contributed by atoms with E-state index < -0.39 is 0 Å². The highest BCUT2D eigenvalue weighted by molar-refractivity contribution is 9.10. The molecule has 1 saturated heterocycles. The lowest BCUT2D eigenvalue weighted by atomic mass is 9.95. The number of para-hydroxylation sites is 2. The molecule has 0 atom stereocenters. The van der Waals surface area contributed by atoms with Crippen LogP contribution in [0.2, 0.25) is 0 Å². The largest absolute Gasteiger partial charge is 0.490 e. The fourth-order valence-corrected chi connectivity index (χ4v) is 4.06. The van der Waals surface area contributed by atoms with Crippen molar-refractivity contribution in [2.75, 3.05) is 13.1 Å². The van der Waals surface area contributed by atoms with E-state index in [0.717, 1.165) is 47.3 Å². The van der Waals surface area contributed by atoms with E-state index in [2.05, 4.69) is 20.9 Å². The highest BCUT2D eigenvalue weighted by Gasteiger charge is 2.28. The smallest absolute Gasteiger partial charge is 0.257 e. The van der Waals surface area contributed by atoms with Crippen LogP contribution in [-0.2, 0) is 0 Å². The van der Waals surface area contributed by atoms with Crippen molar-refractivity contribution in [2.24, 2.45) is 0 Å². The Labute approximate surface area is 173 Å². The summed E-state index contributed by atoms with van der Waals surface area (Å²) in [6.07, 6.45) is 1.82. The number of nitrogens with zero attached hydrogens (tertiary/aromatic N) is 2. The molecule has 6 heteroatoms. The molecule has 1 aliphatic rings. The van der Waals surface area contributed by atoms with E-state index in [9.17, 15) is 4.79 Å². The molecule has 0 spiro atoms. The normalized spacial score (nSPS) is 15.4. The maximum absolute atomic E-state index is 13.1. The van der Waals surface area contributed by atoms with Crippen LogP contribution >= 0.6 is 15.9 Å². The number of piperidine rings is 1. The van der Waals surface area contributed by atoms with Crippen LogP contribution in [0.5, 0.6) is 5.75 Å². The molecule has 2 heterocycles. The topological polar surface area (TPSA) is 58.2 Å². The number of hydrogen-bond donors (Lipinski definition) is 1. The van der Waals surface area contributed by atoms with E-state index in [-0.39, 0.29) is 12.0 Å². The lowest BCUT2D eigenvalue weighted by molar-refractivity contribution is 0.0705. The van der Waals surface area contributed by atoms with Crippen LogP contribution in [-0.4, -0.2) is 40.0 Å². The van der Waals surface area contributed by atoms with Crippen LogP contribution in [0.1, 0.15) is 48.8 Å². The lowest BCUT2D eigenvalue weighted by Crippen LogP contribution is -2.38. The quantitative estimate of drug-likeness (QED) is 0.609. The zero-order valence-corrected chi connectivity index (χ0v) is 17.7. The highest BCUT2D eigenvalue weighted by atomic mass is 79.9. The molecule has 3 aromatic rings. The van der Waals surface area contributed by atoms with Gasteiger partial charge < -0.3 is 14.6 Å². The summed E-state index contributed by atoms with van der Waals surface area (Å²) in [7, 11) is 0. The van der Waals surface area contributed by atoms with E-state index in [1.807, 2.05) is 61.2 Å². The maximum atomic E-state index is 13.1. The van der Waals surface area contributed by atoms with E-state index >= 15 is 0 Å². The van der Waals surface area contributed by atoms with Gasteiger partial charge in [-0.15, -0.1) is 0 Å². The molecule has 0 radical (unpaired) electrons. The summed E-state index contributed by atoms with van der Waals surface area (Å²) in [6.45, 7) is 5.37. The monoisotopic (exact) mass is 441 g/mol. The molecule has 0 saturated carbocycles. The summed E-state index contributed by atoms with van der Waals surface area (Å²) in [5.41, 5.74) is 2.70. The molecule has 1 aromatic heterocycles. The van der Waals surface area contributed by atoms with Gasteiger partial charge in [0.25, 0.3) is 5.91 Å². The van der Waals surface area contributed by atoms with Gasteiger partial charge in [-0.2, -0.15) is 0 Å². The van der Waals surface area contributed by atoms with E-state index in [0.29, 0.717) is 17.2 Å². The minimum Gasteiger partial charge on any atom is -0.490 e. The summed E-state index contributed by atoms with van der Waals surface area (Å²) >= 11 is 3.46. The Kier molecular flexibility index (Phi) is 5.40. The fourth-order valence-electron chi connectivity index (χ4n) is 3.72. The second-order valence-electron chi connectivity index (χ2n) is 7.51. The first-order chi connectivity index (χ1) is 13.5. The number of H-pyrrole nitrogens is 1. The number of carbonyl (C=O) groups excluding carboxylic acids is 1. The van der Waals surface area contributed by atoms with E-state index in [1.165, 1.54) is 0 Å². The Balaban J connectivity index is 1.47. The first-order valence-corrected chi connectivity index (χ1v) is 10.5. The van der Waals surface area contributed by atoms with Crippen molar-refractivity contribution in [2.45, 2.75) is 38.7 Å². The van der Waals surface area contributed by atoms with Crippen LogP contribution in [0.3, 0.4) is 0 Å².